The molecule has 0 N–H and O–H groups in total. The molecule has 0 fully saturated rings. The number of esters is 1. The van der Waals surface area contributed by atoms with E-state index in [4.69, 9.17) is 0 Å². The molecule has 12 heavy (non-hydrogen) atoms. The van der Waals surface area contributed by atoms with Crippen molar-refractivity contribution in [1.82, 2.24) is 0 Å². The second-order valence-corrected chi connectivity index (χ2v) is 2.10. The molecule has 0 unspecified atom stereocenters. The lowest BCUT2D eigenvalue weighted by molar-refractivity contribution is -0.757. The monoisotopic (exact) mass is 177 g/mol. The molecule has 6 nitrogen and oxygen atoms in total. The number of nitrogens with zero attached hydrogens (tertiary/aromatic N) is 1. The molecule has 0 aromatic carbocycles. The molecule has 0 heterocycles. The molecule has 0 rings (SSSR count). The van der Waals surface area contributed by atoms with E-state index in [9.17, 15) is 14.9 Å². The van der Waals surface area contributed by atoms with Crippen molar-refractivity contribution in [3.63, 3.8) is 0 Å². The Kier molecular flexibility index (Phi) is 5.68. The summed E-state index contributed by atoms with van der Waals surface area (Å²) in [4.78, 5) is 23.9. The predicted molar refractivity (Wildman–Crippen MR) is 38.8 cm³/mol. The third-order valence-electron chi connectivity index (χ3n) is 1.04. The summed E-state index contributed by atoms with van der Waals surface area (Å²) < 4.78 is 4.58. The third-order valence-corrected chi connectivity index (χ3v) is 1.04. The molecule has 0 spiro atoms. The van der Waals surface area contributed by atoms with E-state index in [1.807, 2.05) is 0 Å². The summed E-state index contributed by atoms with van der Waals surface area (Å²) in [6, 6.07) is 0. The summed E-state index contributed by atoms with van der Waals surface area (Å²) >= 11 is 0. The van der Waals surface area contributed by atoms with Crippen molar-refractivity contribution in [1.29, 1.82) is 0 Å². The van der Waals surface area contributed by atoms with Crippen molar-refractivity contribution < 1.29 is 19.5 Å². The molecule has 70 valence electrons. The van der Waals surface area contributed by atoms with Gasteiger partial charge in [0.05, 0.1) is 13.2 Å². The second kappa shape index (κ2) is 6.38. The van der Waals surface area contributed by atoms with E-state index in [0.29, 0.717) is 12.8 Å². The lowest BCUT2D eigenvalue weighted by Crippen LogP contribution is -2.05. The lowest BCUT2D eigenvalue weighted by atomic mass is 10.3. The molecule has 0 saturated heterocycles. The highest BCUT2D eigenvalue weighted by atomic mass is 16.9. The zero-order valence-electron chi connectivity index (χ0n) is 6.82. The molecular formula is C6H11NO5. The smallest absolute Gasteiger partial charge is 0.302 e. The first-order valence-electron chi connectivity index (χ1n) is 3.53. The number of carbonyl (C=O) groups excluding carboxylic acids is 1. The third kappa shape index (κ3) is 8.67. The Hall–Kier alpha value is -1.33. The maximum absolute atomic E-state index is 10.2. The molecule has 0 aliphatic rings. The number of ether oxygens (including phenoxy) is 1. The van der Waals surface area contributed by atoms with E-state index in [1.54, 1.807) is 0 Å². The fourth-order valence-corrected chi connectivity index (χ4v) is 0.559. The summed E-state index contributed by atoms with van der Waals surface area (Å²) in [5.74, 6) is -0.342. The fourth-order valence-electron chi connectivity index (χ4n) is 0.559. The highest BCUT2D eigenvalue weighted by Crippen LogP contribution is 1.91. The van der Waals surface area contributed by atoms with Gasteiger partial charge in [-0.15, -0.1) is 10.1 Å². The highest BCUT2D eigenvalue weighted by molar-refractivity contribution is 5.65. The predicted octanol–water partition coefficient (Wildman–Crippen LogP) is 0.538. The van der Waals surface area contributed by atoms with Gasteiger partial charge in [-0.05, 0) is 12.8 Å². The number of rotatable bonds is 6. The minimum absolute atomic E-state index is 0.0499. The van der Waals surface area contributed by atoms with Crippen LogP contribution in [0.4, 0.5) is 0 Å². The van der Waals surface area contributed by atoms with Crippen molar-refractivity contribution in [3.8, 4) is 0 Å². The van der Waals surface area contributed by atoms with E-state index in [2.05, 4.69) is 9.57 Å². The van der Waals surface area contributed by atoms with Gasteiger partial charge in [-0.1, -0.05) is 0 Å². The summed E-state index contributed by atoms with van der Waals surface area (Å²) in [6.45, 7) is 1.65. The van der Waals surface area contributed by atoms with Gasteiger partial charge >= 0.3 is 5.97 Å². The van der Waals surface area contributed by atoms with E-state index in [1.165, 1.54) is 6.92 Å². The number of carbonyl (C=O) groups is 1. The van der Waals surface area contributed by atoms with Gasteiger partial charge < -0.3 is 9.57 Å². The Balaban J connectivity index is 3.01. The first-order chi connectivity index (χ1) is 5.63. The average Bonchev–Trinajstić information content (AvgIpc) is 1.95. The summed E-state index contributed by atoms with van der Waals surface area (Å²) in [5, 5.41) is 8.80. The van der Waals surface area contributed by atoms with Crippen LogP contribution in [0.3, 0.4) is 0 Å². The molecular weight excluding hydrogens is 166 g/mol. The van der Waals surface area contributed by atoms with Gasteiger partial charge in [0.15, 0.2) is 0 Å². The number of hydrogen-bond donors (Lipinski definition) is 0. The minimum atomic E-state index is -0.841. The van der Waals surface area contributed by atoms with Gasteiger partial charge in [0, 0.05) is 6.92 Å². The summed E-state index contributed by atoms with van der Waals surface area (Å²) in [7, 11) is 0. The zero-order chi connectivity index (χ0) is 9.40. The molecule has 0 aromatic heterocycles. The number of hydrogen-bond acceptors (Lipinski definition) is 5. The SMILES string of the molecule is CC(=O)OCCCCO[N+](=O)[O-]. The van der Waals surface area contributed by atoms with Crippen LogP contribution in [0.2, 0.25) is 0 Å². The van der Waals surface area contributed by atoms with Gasteiger partial charge in [-0.3, -0.25) is 4.79 Å². The Labute approximate surface area is 69.6 Å². The van der Waals surface area contributed by atoms with Gasteiger partial charge in [-0.2, -0.15) is 0 Å². The van der Waals surface area contributed by atoms with Crippen LogP contribution in [0.15, 0.2) is 0 Å². The van der Waals surface area contributed by atoms with Gasteiger partial charge in [0.2, 0.25) is 0 Å². The average molecular weight is 177 g/mol. The summed E-state index contributed by atoms with van der Waals surface area (Å²) in [5.41, 5.74) is 0. The molecule has 0 aliphatic heterocycles. The van der Waals surface area contributed by atoms with Crippen molar-refractivity contribution >= 4 is 5.97 Å². The van der Waals surface area contributed by atoms with Crippen LogP contribution < -0.4 is 0 Å². The summed E-state index contributed by atoms with van der Waals surface area (Å²) in [6.07, 6.45) is 1.08. The number of unbranched alkanes of at least 4 members (excludes halogenated alkanes) is 1. The van der Waals surface area contributed by atoms with Crippen LogP contribution in [0.5, 0.6) is 0 Å². The second-order valence-electron chi connectivity index (χ2n) is 2.10. The van der Waals surface area contributed by atoms with E-state index in [-0.39, 0.29) is 19.2 Å². The molecule has 0 bridgehead atoms. The molecule has 0 amide bonds. The topological polar surface area (TPSA) is 78.7 Å². The zero-order valence-corrected chi connectivity index (χ0v) is 6.82. The molecule has 6 heteroatoms. The van der Waals surface area contributed by atoms with E-state index >= 15 is 0 Å². The minimum Gasteiger partial charge on any atom is -0.466 e. The Morgan fingerprint density at radius 3 is 2.50 bits per heavy atom. The highest BCUT2D eigenvalue weighted by Gasteiger charge is 1.95. The standard InChI is InChI=1S/C6H11NO5/c1-6(8)11-4-2-3-5-12-7(9)10/h2-5H2,1H3. The van der Waals surface area contributed by atoms with Crippen molar-refractivity contribution in [2.24, 2.45) is 0 Å². The first kappa shape index (κ1) is 10.7. The Bertz CT molecular complexity index is 140. The van der Waals surface area contributed by atoms with Crippen LogP contribution in [0.1, 0.15) is 19.8 Å². The molecule has 0 atom stereocenters. The maximum atomic E-state index is 10.2. The fraction of sp³-hybridized carbons (Fsp3) is 0.833. The van der Waals surface area contributed by atoms with Crippen LogP contribution in [-0.2, 0) is 14.4 Å². The van der Waals surface area contributed by atoms with E-state index in [0.717, 1.165) is 0 Å². The van der Waals surface area contributed by atoms with Crippen LogP contribution >= 0.6 is 0 Å². The molecule has 0 radical (unpaired) electrons. The van der Waals surface area contributed by atoms with Crippen LogP contribution in [0, 0.1) is 10.1 Å². The van der Waals surface area contributed by atoms with E-state index < -0.39 is 5.09 Å². The maximum Gasteiger partial charge on any atom is 0.302 e. The van der Waals surface area contributed by atoms with Gasteiger partial charge in [0.25, 0.3) is 5.09 Å². The quantitative estimate of drug-likeness (QED) is 0.256. The molecule has 0 aliphatic carbocycles. The largest absolute Gasteiger partial charge is 0.466 e. The van der Waals surface area contributed by atoms with Crippen LogP contribution in [-0.4, -0.2) is 24.3 Å². The Morgan fingerprint density at radius 1 is 1.42 bits per heavy atom. The molecule has 0 aromatic rings. The van der Waals surface area contributed by atoms with Crippen LogP contribution in [0.25, 0.3) is 0 Å². The lowest BCUT2D eigenvalue weighted by Gasteiger charge is -2.00. The van der Waals surface area contributed by atoms with Crippen molar-refractivity contribution in [3.05, 3.63) is 10.1 Å². The normalized spacial score (nSPS) is 9.08. The molecule has 0 saturated carbocycles. The van der Waals surface area contributed by atoms with Gasteiger partial charge in [0.1, 0.15) is 0 Å². The Morgan fingerprint density at radius 2 is 2.00 bits per heavy atom. The van der Waals surface area contributed by atoms with Gasteiger partial charge in [-0.25, -0.2) is 0 Å². The van der Waals surface area contributed by atoms with Crippen molar-refractivity contribution in [2.45, 2.75) is 19.8 Å². The first-order valence-corrected chi connectivity index (χ1v) is 3.53. The van der Waals surface area contributed by atoms with Crippen molar-refractivity contribution in [2.75, 3.05) is 13.2 Å².